The summed E-state index contributed by atoms with van der Waals surface area (Å²) in [5.41, 5.74) is -1.64. The Hall–Kier alpha value is -3.06. The molecular weight excluding hydrogens is 376 g/mol. The van der Waals surface area contributed by atoms with E-state index in [9.17, 15) is 9.59 Å². The fourth-order valence-electron chi connectivity index (χ4n) is 2.90. The van der Waals surface area contributed by atoms with Crippen molar-refractivity contribution in [3.05, 3.63) is 60.2 Å². The lowest BCUT2D eigenvalue weighted by Crippen LogP contribution is -2.56. The quantitative estimate of drug-likeness (QED) is 0.445. The minimum Gasteiger partial charge on any atom is -0.493 e. The molecule has 0 amide bonds. The summed E-state index contributed by atoms with van der Waals surface area (Å²) in [6, 6.07) is 15.7. The largest absolute Gasteiger partial charge is 0.493 e. The number of carbonyl (C=O) groups excluding carboxylic acids is 2. The van der Waals surface area contributed by atoms with E-state index in [4.69, 9.17) is 23.7 Å². The number of ether oxygens (including phenoxy) is 5. The van der Waals surface area contributed by atoms with Crippen molar-refractivity contribution in [3.8, 4) is 11.5 Å². The van der Waals surface area contributed by atoms with Crippen molar-refractivity contribution in [2.75, 3.05) is 27.4 Å². The summed E-state index contributed by atoms with van der Waals surface area (Å²) in [6.07, 6.45) is -1.19. The van der Waals surface area contributed by atoms with E-state index in [0.29, 0.717) is 17.1 Å². The Balaban J connectivity index is 2.66. The zero-order valence-corrected chi connectivity index (χ0v) is 17.0. The summed E-state index contributed by atoms with van der Waals surface area (Å²) in [6.45, 7) is 3.39. The number of rotatable bonds is 10. The molecule has 0 N–H and O–H groups in total. The Morgan fingerprint density at radius 2 is 1.34 bits per heavy atom. The van der Waals surface area contributed by atoms with E-state index >= 15 is 0 Å². The number of esters is 2. The van der Waals surface area contributed by atoms with Gasteiger partial charge >= 0.3 is 17.5 Å². The van der Waals surface area contributed by atoms with Crippen LogP contribution in [-0.2, 0) is 23.8 Å². The summed E-state index contributed by atoms with van der Waals surface area (Å²) in [5, 5.41) is 0. The molecule has 0 aliphatic rings. The van der Waals surface area contributed by atoms with Gasteiger partial charge in [0.2, 0.25) is 0 Å². The maximum absolute atomic E-state index is 13.0. The van der Waals surface area contributed by atoms with E-state index in [1.807, 2.05) is 6.07 Å². The van der Waals surface area contributed by atoms with Gasteiger partial charge < -0.3 is 23.7 Å². The predicted octanol–water partition coefficient (Wildman–Crippen LogP) is 3.33. The number of hydrogen-bond donors (Lipinski definition) is 0. The maximum Gasteiger partial charge on any atom is 0.354 e. The summed E-state index contributed by atoms with van der Waals surface area (Å²) in [5.74, 6) is -1.03. The van der Waals surface area contributed by atoms with Crippen LogP contribution < -0.4 is 9.47 Å². The van der Waals surface area contributed by atoms with Gasteiger partial charge in [-0.15, -0.1) is 0 Å². The van der Waals surface area contributed by atoms with Gasteiger partial charge in [0, 0.05) is 7.11 Å². The number of hydrogen-bond acceptors (Lipinski definition) is 7. The molecule has 0 aromatic heterocycles. The summed E-state index contributed by atoms with van der Waals surface area (Å²) in [4.78, 5) is 26.0. The first-order valence-electron chi connectivity index (χ1n) is 9.29. The van der Waals surface area contributed by atoms with Crippen LogP contribution in [0.4, 0.5) is 0 Å². The van der Waals surface area contributed by atoms with E-state index in [2.05, 4.69) is 0 Å². The summed E-state index contributed by atoms with van der Waals surface area (Å²) < 4.78 is 27.4. The van der Waals surface area contributed by atoms with Gasteiger partial charge in [-0.05, 0) is 31.5 Å². The Morgan fingerprint density at radius 1 is 0.828 bits per heavy atom. The maximum atomic E-state index is 13.0. The highest BCUT2D eigenvalue weighted by Crippen LogP contribution is 2.39. The average Bonchev–Trinajstić information content (AvgIpc) is 2.75. The third-order valence-electron chi connectivity index (χ3n) is 4.26. The lowest BCUT2D eigenvalue weighted by atomic mass is 9.90. The third-order valence-corrected chi connectivity index (χ3v) is 4.26. The van der Waals surface area contributed by atoms with Crippen molar-refractivity contribution in [2.45, 2.75) is 25.6 Å². The van der Waals surface area contributed by atoms with Gasteiger partial charge in [0.25, 0.3) is 0 Å². The Bertz CT molecular complexity index is 786. The van der Waals surface area contributed by atoms with Gasteiger partial charge in [-0.25, -0.2) is 9.59 Å². The molecule has 2 aromatic carbocycles. The summed E-state index contributed by atoms with van der Waals surface area (Å²) >= 11 is 0. The molecule has 7 nitrogen and oxygen atoms in total. The van der Waals surface area contributed by atoms with Gasteiger partial charge in [0.1, 0.15) is 0 Å². The molecule has 2 rings (SSSR count). The van der Waals surface area contributed by atoms with E-state index in [1.165, 1.54) is 14.2 Å². The normalized spacial score (nSPS) is 12.0. The molecule has 7 heteroatoms. The molecule has 156 valence electrons. The van der Waals surface area contributed by atoms with Crippen LogP contribution in [0, 0.1) is 0 Å². The first kappa shape index (κ1) is 22.2. The van der Waals surface area contributed by atoms with Crippen LogP contribution in [0.5, 0.6) is 11.5 Å². The molecule has 1 atom stereocenters. The highest BCUT2D eigenvalue weighted by Gasteiger charge is 2.58. The monoisotopic (exact) mass is 402 g/mol. The van der Waals surface area contributed by atoms with Crippen LogP contribution in [0.1, 0.15) is 25.5 Å². The SMILES string of the molecule is CCOC(=O)C(OC)(C(=O)OCC)C(Oc1ccccc1OC)c1ccccc1. The lowest BCUT2D eigenvalue weighted by Gasteiger charge is -2.35. The molecule has 0 saturated heterocycles. The number of benzene rings is 2. The second kappa shape index (κ2) is 10.5. The van der Waals surface area contributed by atoms with Gasteiger partial charge in [-0.2, -0.15) is 0 Å². The van der Waals surface area contributed by atoms with Crippen LogP contribution >= 0.6 is 0 Å². The standard InChI is InChI=1S/C22H26O7/c1-5-27-20(23)22(26-4,21(24)28-6-2)19(16-12-8-7-9-13-16)29-18-15-11-10-14-17(18)25-3/h7-15,19H,5-6H2,1-4H3. The van der Waals surface area contributed by atoms with Crippen LogP contribution in [0.15, 0.2) is 54.6 Å². The average molecular weight is 402 g/mol. The van der Waals surface area contributed by atoms with E-state index in [0.717, 1.165) is 0 Å². The van der Waals surface area contributed by atoms with Gasteiger partial charge in [-0.1, -0.05) is 42.5 Å². The fraction of sp³-hybridized carbons (Fsp3) is 0.364. The fourth-order valence-corrected chi connectivity index (χ4v) is 2.90. The Kier molecular flexibility index (Phi) is 8.03. The molecule has 0 aliphatic carbocycles. The molecule has 0 radical (unpaired) electrons. The number of carbonyl (C=O) groups is 2. The number of methoxy groups -OCH3 is 2. The molecular formula is C22H26O7. The van der Waals surface area contributed by atoms with Crippen LogP contribution in [0.25, 0.3) is 0 Å². The summed E-state index contributed by atoms with van der Waals surface area (Å²) in [7, 11) is 2.75. The molecule has 0 bridgehead atoms. The first-order chi connectivity index (χ1) is 14.0. The molecule has 0 saturated carbocycles. The van der Waals surface area contributed by atoms with Crippen molar-refractivity contribution in [1.29, 1.82) is 0 Å². The first-order valence-corrected chi connectivity index (χ1v) is 9.29. The van der Waals surface area contributed by atoms with E-state index in [-0.39, 0.29) is 13.2 Å². The minimum absolute atomic E-state index is 0.0551. The molecule has 29 heavy (non-hydrogen) atoms. The van der Waals surface area contributed by atoms with Crippen molar-refractivity contribution in [3.63, 3.8) is 0 Å². The van der Waals surface area contributed by atoms with Crippen molar-refractivity contribution < 1.29 is 33.3 Å². The second-order valence-electron chi connectivity index (χ2n) is 5.94. The molecule has 0 aliphatic heterocycles. The zero-order valence-electron chi connectivity index (χ0n) is 17.0. The highest BCUT2D eigenvalue weighted by atomic mass is 16.6. The van der Waals surface area contributed by atoms with Crippen LogP contribution in [0.3, 0.4) is 0 Å². The van der Waals surface area contributed by atoms with Gasteiger partial charge in [0.15, 0.2) is 17.6 Å². The Labute approximate surface area is 170 Å². The van der Waals surface area contributed by atoms with Gasteiger partial charge in [0.05, 0.1) is 20.3 Å². The van der Waals surface area contributed by atoms with Crippen molar-refractivity contribution in [1.82, 2.24) is 0 Å². The highest BCUT2D eigenvalue weighted by molar-refractivity contribution is 6.04. The van der Waals surface area contributed by atoms with Crippen molar-refractivity contribution in [2.24, 2.45) is 0 Å². The molecule has 1 unspecified atom stereocenters. The number of para-hydroxylation sites is 2. The Morgan fingerprint density at radius 3 is 1.83 bits per heavy atom. The molecule has 2 aromatic rings. The predicted molar refractivity (Wildman–Crippen MR) is 106 cm³/mol. The van der Waals surface area contributed by atoms with Crippen LogP contribution in [0.2, 0.25) is 0 Å². The molecule has 0 spiro atoms. The van der Waals surface area contributed by atoms with Crippen LogP contribution in [-0.4, -0.2) is 45.0 Å². The van der Waals surface area contributed by atoms with Crippen molar-refractivity contribution >= 4 is 11.9 Å². The van der Waals surface area contributed by atoms with E-state index < -0.39 is 23.6 Å². The molecule has 0 fully saturated rings. The van der Waals surface area contributed by atoms with E-state index in [1.54, 1.807) is 62.4 Å². The van der Waals surface area contributed by atoms with Gasteiger partial charge in [-0.3, -0.25) is 0 Å². The topological polar surface area (TPSA) is 80.3 Å². The lowest BCUT2D eigenvalue weighted by molar-refractivity contribution is -0.200. The zero-order chi connectivity index (χ0) is 21.3. The second-order valence-corrected chi connectivity index (χ2v) is 5.94. The smallest absolute Gasteiger partial charge is 0.354 e. The third kappa shape index (κ3) is 4.68. The minimum atomic E-state index is -2.17. The molecule has 0 heterocycles.